The molecule has 1 atom stereocenters. The van der Waals surface area contributed by atoms with Crippen LogP contribution in [0, 0.1) is 0 Å². The molecule has 2 aromatic carbocycles. The Labute approximate surface area is 161 Å². The zero-order chi connectivity index (χ0) is 19.1. The highest BCUT2D eigenvalue weighted by Crippen LogP contribution is 2.23. The molecule has 27 heavy (non-hydrogen) atoms. The van der Waals surface area contributed by atoms with Gasteiger partial charge in [-0.2, -0.15) is 0 Å². The van der Waals surface area contributed by atoms with Crippen molar-refractivity contribution in [3.8, 4) is 0 Å². The van der Waals surface area contributed by atoms with Gasteiger partial charge in [0, 0.05) is 40.3 Å². The van der Waals surface area contributed by atoms with Crippen molar-refractivity contribution in [1.29, 1.82) is 0 Å². The fourth-order valence-corrected chi connectivity index (χ4v) is 3.23. The van der Waals surface area contributed by atoms with Crippen molar-refractivity contribution in [2.75, 3.05) is 50.6 Å². The molecule has 1 unspecified atom stereocenters. The van der Waals surface area contributed by atoms with Gasteiger partial charge in [-0.3, -0.25) is 4.90 Å². The van der Waals surface area contributed by atoms with E-state index in [-0.39, 0.29) is 12.1 Å². The average Bonchev–Trinajstić information content (AvgIpc) is 2.68. The monoisotopic (exact) mass is 368 g/mol. The summed E-state index contributed by atoms with van der Waals surface area (Å²) in [5.74, 6) is 0. The Morgan fingerprint density at radius 2 is 1.89 bits per heavy atom. The van der Waals surface area contributed by atoms with Gasteiger partial charge in [0.2, 0.25) is 0 Å². The molecule has 3 rings (SSSR count). The lowest BCUT2D eigenvalue weighted by Gasteiger charge is -2.33. The highest BCUT2D eigenvalue weighted by Gasteiger charge is 2.21. The van der Waals surface area contributed by atoms with Crippen LogP contribution in [-0.2, 0) is 11.3 Å². The first-order valence-electron chi connectivity index (χ1n) is 9.31. The lowest BCUT2D eigenvalue weighted by molar-refractivity contribution is -0.0285. The van der Waals surface area contributed by atoms with Gasteiger partial charge in [-0.25, -0.2) is 4.79 Å². The fourth-order valence-electron chi connectivity index (χ4n) is 3.23. The molecule has 144 valence electrons. The Hall–Kier alpha value is -2.57. The van der Waals surface area contributed by atoms with Crippen LogP contribution in [0.4, 0.5) is 16.2 Å². The second-order valence-electron chi connectivity index (χ2n) is 6.96. The van der Waals surface area contributed by atoms with Crippen LogP contribution in [0.15, 0.2) is 54.6 Å². The standard InChI is InChI=1S/C21H28N4O2/c1-24(2)20-11-7-6-10-19(20)23-21(26)22-14-18-16-25(12-13-27-18)15-17-8-4-3-5-9-17/h3-11,18H,12-16H2,1-2H3,(H2,22,23,26). The van der Waals surface area contributed by atoms with Gasteiger partial charge in [0.05, 0.1) is 24.1 Å². The molecular weight excluding hydrogens is 340 g/mol. The van der Waals surface area contributed by atoms with E-state index in [1.54, 1.807) is 0 Å². The molecule has 1 aliphatic heterocycles. The zero-order valence-electron chi connectivity index (χ0n) is 16.0. The Morgan fingerprint density at radius 3 is 2.67 bits per heavy atom. The smallest absolute Gasteiger partial charge is 0.319 e. The maximum atomic E-state index is 12.3. The number of anilines is 2. The molecule has 2 N–H and O–H groups in total. The second-order valence-corrected chi connectivity index (χ2v) is 6.96. The molecule has 0 aliphatic carbocycles. The number of nitrogens with one attached hydrogen (secondary N) is 2. The molecule has 0 spiro atoms. The largest absolute Gasteiger partial charge is 0.376 e. The van der Waals surface area contributed by atoms with Gasteiger partial charge < -0.3 is 20.3 Å². The van der Waals surface area contributed by atoms with Crippen LogP contribution in [-0.4, -0.2) is 57.4 Å². The predicted molar refractivity (Wildman–Crippen MR) is 109 cm³/mol. The van der Waals surface area contributed by atoms with Crippen LogP contribution in [0.25, 0.3) is 0 Å². The Bertz CT molecular complexity index is 736. The predicted octanol–water partition coefficient (Wildman–Crippen LogP) is 2.78. The molecule has 1 heterocycles. The number of benzene rings is 2. The minimum absolute atomic E-state index is 0.00250. The van der Waals surface area contributed by atoms with Gasteiger partial charge >= 0.3 is 6.03 Å². The van der Waals surface area contributed by atoms with Gasteiger partial charge in [-0.1, -0.05) is 42.5 Å². The van der Waals surface area contributed by atoms with E-state index >= 15 is 0 Å². The maximum absolute atomic E-state index is 12.3. The van der Waals surface area contributed by atoms with Crippen molar-refractivity contribution < 1.29 is 9.53 Å². The van der Waals surface area contributed by atoms with Crippen molar-refractivity contribution in [2.45, 2.75) is 12.6 Å². The number of para-hydroxylation sites is 2. The number of amides is 2. The fraction of sp³-hybridized carbons (Fsp3) is 0.381. The van der Waals surface area contributed by atoms with E-state index in [9.17, 15) is 4.79 Å². The molecular formula is C21H28N4O2. The van der Waals surface area contributed by atoms with Gasteiger partial charge in [0.1, 0.15) is 0 Å². The topological polar surface area (TPSA) is 56.8 Å². The summed E-state index contributed by atoms with van der Waals surface area (Å²) in [5, 5.41) is 5.85. The summed E-state index contributed by atoms with van der Waals surface area (Å²) in [6.07, 6.45) is -0.00250. The average molecular weight is 368 g/mol. The van der Waals surface area contributed by atoms with E-state index in [1.807, 2.05) is 49.3 Å². The van der Waals surface area contributed by atoms with Crippen LogP contribution in [0.3, 0.4) is 0 Å². The van der Waals surface area contributed by atoms with E-state index in [0.717, 1.165) is 31.0 Å². The van der Waals surface area contributed by atoms with Gasteiger partial charge in [0.25, 0.3) is 0 Å². The quantitative estimate of drug-likeness (QED) is 0.823. The Kier molecular flexibility index (Phi) is 6.68. The molecule has 2 amide bonds. The zero-order valence-corrected chi connectivity index (χ0v) is 16.0. The first-order chi connectivity index (χ1) is 13.1. The molecule has 1 saturated heterocycles. The number of ether oxygens (including phenoxy) is 1. The normalized spacial score (nSPS) is 17.3. The highest BCUT2D eigenvalue weighted by atomic mass is 16.5. The first kappa shape index (κ1) is 19.2. The molecule has 1 fully saturated rings. The summed E-state index contributed by atoms with van der Waals surface area (Å²) in [4.78, 5) is 16.6. The number of carbonyl (C=O) groups excluding carboxylic acids is 1. The third kappa shape index (κ3) is 5.70. The van der Waals surface area contributed by atoms with Crippen molar-refractivity contribution in [2.24, 2.45) is 0 Å². The Balaban J connectivity index is 1.47. The van der Waals surface area contributed by atoms with Crippen LogP contribution in [0.5, 0.6) is 0 Å². The molecule has 0 aromatic heterocycles. The van der Waals surface area contributed by atoms with Crippen LogP contribution in [0.2, 0.25) is 0 Å². The van der Waals surface area contributed by atoms with Crippen molar-refractivity contribution in [3.05, 3.63) is 60.2 Å². The number of morpholine rings is 1. The second kappa shape index (κ2) is 9.39. The summed E-state index contributed by atoms with van der Waals surface area (Å²) in [6, 6.07) is 17.9. The molecule has 0 radical (unpaired) electrons. The first-order valence-corrected chi connectivity index (χ1v) is 9.31. The Morgan fingerprint density at radius 1 is 1.15 bits per heavy atom. The van der Waals surface area contributed by atoms with E-state index in [4.69, 9.17) is 4.74 Å². The van der Waals surface area contributed by atoms with Crippen LogP contribution in [0.1, 0.15) is 5.56 Å². The van der Waals surface area contributed by atoms with E-state index in [0.29, 0.717) is 13.2 Å². The summed E-state index contributed by atoms with van der Waals surface area (Å²) < 4.78 is 5.82. The molecule has 6 nitrogen and oxygen atoms in total. The molecule has 1 aliphatic rings. The van der Waals surface area contributed by atoms with E-state index in [1.165, 1.54) is 5.56 Å². The van der Waals surface area contributed by atoms with Gasteiger partial charge in [-0.05, 0) is 17.7 Å². The van der Waals surface area contributed by atoms with Crippen molar-refractivity contribution >= 4 is 17.4 Å². The van der Waals surface area contributed by atoms with Crippen molar-refractivity contribution in [1.82, 2.24) is 10.2 Å². The molecule has 0 saturated carbocycles. The minimum Gasteiger partial charge on any atom is -0.376 e. The van der Waals surface area contributed by atoms with Crippen LogP contribution >= 0.6 is 0 Å². The summed E-state index contributed by atoms with van der Waals surface area (Å²) in [6.45, 7) is 3.80. The van der Waals surface area contributed by atoms with Gasteiger partial charge in [0.15, 0.2) is 0 Å². The van der Waals surface area contributed by atoms with E-state index in [2.05, 4.69) is 39.8 Å². The van der Waals surface area contributed by atoms with Gasteiger partial charge in [-0.15, -0.1) is 0 Å². The number of urea groups is 1. The number of hydrogen-bond acceptors (Lipinski definition) is 4. The van der Waals surface area contributed by atoms with Crippen LogP contribution < -0.4 is 15.5 Å². The molecule has 0 bridgehead atoms. The highest BCUT2D eigenvalue weighted by molar-refractivity contribution is 5.93. The third-order valence-electron chi connectivity index (χ3n) is 4.60. The number of rotatable bonds is 6. The molecule has 6 heteroatoms. The summed E-state index contributed by atoms with van der Waals surface area (Å²) in [7, 11) is 3.91. The summed E-state index contributed by atoms with van der Waals surface area (Å²) >= 11 is 0. The summed E-state index contributed by atoms with van der Waals surface area (Å²) in [5.41, 5.74) is 3.05. The van der Waals surface area contributed by atoms with Crippen molar-refractivity contribution in [3.63, 3.8) is 0 Å². The SMILES string of the molecule is CN(C)c1ccccc1NC(=O)NCC1CN(Cc2ccccc2)CCO1. The third-order valence-corrected chi connectivity index (χ3v) is 4.60. The lowest BCUT2D eigenvalue weighted by atomic mass is 10.2. The minimum atomic E-state index is -0.215. The lowest BCUT2D eigenvalue weighted by Crippen LogP contribution is -2.47. The number of hydrogen-bond donors (Lipinski definition) is 2. The maximum Gasteiger partial charge on any atom is 0.319 e. The number of carbonyl (C=O) groups is 1. The molecule has 2 aromatic rings. The number of nitrogens with zero attached hydrogens (tertiary/aromatic N) is 2. The van der Waals surface area contributed by atoms with E-state index < -0.39 is 0 Å².